The lowest BCUT2D eigenvalue weighted by Crippen LogP contribution is -2.40. The Hall–Kier alpha value is -0.493. The summed E-state index contributed by atoms with van der Waals surface area (Å²) in [6.07, 6.45) is 0. The predicted molar refractivity (Wildman–Crippen MR) is 101 cm³/mol. The van der Waals surface area contributed by atoms with E-state index in [1.165, 1.54) is 0 Å². The molecule has 24 heavy (non-hydrogen) atoms. The van der Waals surface area contributed by atoms with Gasteiger partial charge in [-0.05, 0) is 49.7 Å². The minimum atomic E-state index is -3.29. The molecule has 1 N–H and O–H groups in total. The summed E-state index contributed by atoms with van der Waals surface area (Å²) in [4.78, 5) is 10.3. The highest BCUT2D eigenvalue weighted by atomic mass is 31.2. The molecule has 0 aliphatic rings. The zero-order valence-corrected chi connectivity index (χ0v) is 17.9. The average Bonchev–Trinajstić information content (AvgIpc) is 2.45. The molecule has 7 heteroatoms. The van der Waals surface area contributed by atoms with Gasteiger partial charge in [0.05, 0.1) is 19.8 Å². The van der Waals surface area contributed by atoms with E-state index < -0.39 is 16.5 Å². The Morgan fingerprint density at radius 1 is 1.00 bits per heavy atom. The fourth-order valence-corrected chi connectivity index (χ4v) is 3.86. The van der Waals surface area contributed by atoms with Crippen LogP contribution in [0.1, 0.15) is 40.2 Å². The van der Waals surface area contributed by atoms with E-state index in [0.29, 0.717) is 25.6 Å². The molecule has 5 nitrogen and oxygen atoms in total. The van der Waals surface area contributed by atoms with Crippen molar-refractivity contribution in [1.82, 2.24) is 0 Å². The molecule has 0 unspecified atom stereocenters. The van der Waals surface area contributed by atoms with Gasteiger partial charge in [0.1, 0.15) is 0 Å². The van der Waals surface area contributed by atoms with Crippen molar-refractivity contribution in [1.29, 1.82) is 0 Å². The van der Waals surface area contributed by atoms with Crippen LogP contribution in [0.2, 0.25) is 18.1 Å². The lowest BCUT2D eigenvalue weighted by atomic mass is 10.2. The molecule has 0 amide bonds. The highest BCUT2D eigenvalue weighted by Crippen LogP contribution is 2.57. The van der Waals surface area contributed by atoms with Gasteiger partial charge in [0.2, 0.25) is 0 Å². The van der Waals surface area contributed by atoms with Crippen molar-refractivity contribution in [2.24, 2.45) is 0 Å². The first-order valence-electron chi connectivity index (χ1n) is 8.36. The molecule has 138 valence electrons. The molecule has 0 saturated carbocycles. The summed E-state index contributed by atoms with van der Waals surface area (Å²) in [5.41, 5.74) is 1.07. The second kappa shape index (κ2) is 8.74. The topological polar surface area (TPSA) is 57.2 Å². The van der Waals surface area contributed by atoms with E-state index in [-0.39, 0.29) is 5.04 Å². The van der Waals surface area contributed by atoms with E-state index in [4.69, 9.17) is 18.0 Å². The van der Waals surface area contributed by atoms with Crippen LogP contribution in [-0.4, -0.2) is 26.4 Å². The van der Waals surface area contributed by atoms with Gasteiger partial charge >= 0.3 is 8.17 Å². The largest absolute Gasteiger partial charge is 0.619 e. The zero-order valence-electron chi connectivity index (χ0n) is 16.0. The van der Waals surface area contributed by atoms with Crippen LogP contribution in [0.4, 0.5) is 0 Å². The van der Waals surface area contributed by atoms with Gasteiger partial charge in [-0.1, -0.05) is 32.9 Å². The van der Waals surface area contributed by atoms with E-state index in [2.05, 4.69) is 33.9 Å². The Labute approximate surface area is 148 Å². The van der Waals surface area contributed by atoms with Crippen molar-refractivity contribution in [3.63, 3.8) is 0 Å². The summed E-state index contributed by atoms with van der Waals surface area (Å²) in [7, 11) is -5.06. The predicted octanol–water partition coefficient (Wildman–Crippen LogP) is 5.33. The number of hydrogen-bond acceptors (Lipinski definition) is 5. The van der Waals surface area contributed by atoms with Gasteiger partial charge in [-0.15, -0.1) is 9.05 Å². The normalized spacial score (nSPS) is 13.2. The van der Waals surface area contributed by atoms with Crippen LogP contribution in [0.15, 0.2) is 24.3 Å². The van der Waals surface area contributed by atoms with Gasteiger partial charge in [0.15, 0.2) is 14.1 Å². The second-order valence-corrected chi connectivity index (χ2v) is 13.5. The van der Waals surface area contributed by atoms with Gasteiger partial charge in [0, 0.05) is 0 Å². The molecule has 1 aromatic carbocycles. The van der Waals surface area contributed by atoms with Gasteiger partial charge in [0.25, 0.3) is 0 Å². The summed E-state index contributed by atoms with van der Waals surface area (Å²) in [5.74, 6) is 0.517. The number of rotatable bonds is 9. The third-order valence-electron chi connectivity index (χ3n) is 4.13. The Kier molecular flexibility index (Phi) is 7.85. The Morgan fingerprint density at radius 3 is 1.92 bits per heavy atom. The molecular weight excluding hydrogens is 343 g/mol. The first-order valence-corrected chi connectivity index (χ1v) is 12.8. The maximum atomic E-state index is 10.3. The van der Waals surface area contributed by atoms with Crippen LogP contribution < -0.4 is 4.52 Å². The summed E-state index contributed by atoms with van der Waals surface area (Å²) >= 11 is 0. The first kappa shape index (κ1) is 21.5. The molecule has 0 radical (unpaired) electrons. The molecule has 1 rings (SSSR count). The third-order valence-corrected chi connectivity index (χ3v) is 10.2. The summed E-state index contributed by atoms with van der Waals surface area (Å²) in [6, 6.07) is 7.47. The summed E-state index contributed by atoms with van der Waals surface area (Å²) < 4.78 is 22.2. The summed E-state index contributed by atoms with van der Waals surface area (Å²) in [5, 5.41) is 0.187. The first-order chi connectivity index (χ1) is 11.0. The Balaban J connectivity index is 2.69. The molecule has 0 bridgehead atoms. The van der Waals surface area contributed by atoms with E-state index >= 15 is 0 Å². The fourth-order valence-electron chi connectivity index (χ4n) is 1.68. The highest BCUT2D eigenvalue weighted by Gasteiger charge is 2.45. The van der Waals surface area contributed by atoms with Crippen molar-refractivity contribution < 1.29 is 22.9 Å². The quantitative estimate of drug-likeness (QED) is 0.467. The van der Waals surface area contributed by atoms with E-state index in [0.717, 1.165) is 5.56 Å². The molecule has 0 heterocycles. The third kappa shape index (κ3) is 6.43. The lowest BCUT2D eigenvalue weighted by Gasteiger charge is -2.36. The maximum absolute atomic E-state index is 10.3. The van der Waals surface area contributed by atoms with Gasteiger partial charge in [-0.3, -0.25) is 4.52 Å². The van der Waals surface area contributed by atoms with Crippen molar-refractivity contribution >= 4 is 16.5 Å². The molecule has 0 spiro atoms. The minimum absolute atomic E-state index is 0.187. The van der Waals surface area contributed by atoms with Crippen molar-refractivity contribution in [3.05, 3.63) is 29.8 Å². The molecule has 0 aromatic heterocycles. The van der Waals surface area contributed by atoms with E-state index in [1.807, 2.05) is 12.1 Å². The fraction of sp³-hybridized carbons (Fsp3) is 0.647. The summed E-state index contributed by atoms with van der Waals surface area (Å²) in [6.45, 7) is 15.9. The molecule has 0 aliphatic carbocycles. The van der Waals surface area contributed by atoms with Crippen LogP contribution in [-0.2, 0) is 20.1 Å². The van der Waals surface area contributed by atoms with E-state index in [1.54, 1.807) is 26.0 Å². The average molecular weight is 375 g/mol. The standard InChI is InChI=1S/C17H32O5PSi/c1-8-19-23(18,20-9-2)22-16-12-10-15(11-13-16)14-21-24(6,7)17(3,4)5/h10-13,18H,8-9,14H2,1-7H3/q+1. The number of benzene rings is 1. The molecule has 0 aliphatic heterocycles. The minimum Gasteiger partial charge on any atom is -0.413 e. The molecule has 0 saturated heterocycles. The zero-order chi connectivity index (χ0) is 18.4. The SMILES string of the molecule is CCO[P+](O)(OCC)Oc1ccc(CO[Si](C)(C)C(C)(C)C)cc1. The van der Waals surface area contributed by atoms with Crippen LogP contribution in [0.3, 0.4) is 0 Å². The lowest BCUT2D eigenvalue weighted by molar-refractivity contribution is 0.133. The van der Waals surface area contributed by atoms with Crippen molar-refractivity contribution in [2.45, 2.75) is 59.4 Å². The smallest absolute Gasteiger partial charge is 0.413 e. The molecule has 0 atom stereocenters. The van der Waals surface area contributed by atoms with Crippen LogP contribution in [0, 0.1) is 0 Å². The molecule has 0 fully saturated rings. The van der Waals surface area contributed by atoms with Crippen LogP contribution >= 0.6 is 8.17 Å². The van der Waals surface area contributed by atoms with Crippen molar-refractivity contribution in [2.75, 3.05) is 13.2 Å². The molecule has 1 aromatic rings. The monoisotopic (exact) mass is 375 g/mol. The van der Waals surface area contributed by atoms with Crippen molar-refractivity contribution in [3.8, 4) is 5.75 Å². The van der Waals surface area contributed by atoms with Gasteiger partial charge < -0.3 is 4.43 Å². The van der Waals surface area contributed by atoms with Crippen LogP contribution in [0.25, 0.3) is 0 Å². The molecular formula is C17H32O5PSi+. The van der Waals surface area contributed by atoms with E-state index in [9.17, 15) is 4.89 Å². The Morgan fingerprint density at radius 2 is 1.50 bits per heavy atom. The maximum Gasteiger partial charge on any atom is 0.619 e. The van der Waals surface area contributed by atoms with Gasteiger partial charge in [-0.25, -0.2) is 0 Å². The Bertz CT molecular complexity index is 493. The second-order valence-electron chi connectivity index (χ2n) is 7.09. The van der Waals surface area contributed by atoms with Crippen LogP contribution in [0.5, 0.6) is 5.75 Å². The van der Waals surface area contributed by atoms with Gasteiger partial charge in [-0.2, -0.15) is 4.89 Å². The highest BCUT2D eigenvalue weighted by molar-refractivity contribution is 7.55. The number of hydrogen-bond donors (Lipinski definition) is 1.